The molecule has 2 unspecified atom stereocenters. The lowest BCUT2D eigenvalue weighted by Crippen LogP contribution is -2.49. The number of aromatic nitrogens is 2. The Labute approximate surface area is 186 Å². The van der Waals surface area contributed by atoms with Gasteiger partial charge in [-0.2, -0.15) is 0 Å². The van der Waals surface area contributed by atoms with E-state index in [2.05, 4.69) is 51.9 Å². The van der Waals surface area contributed by atoms with Crippen LogP contribution in [0, 0.1) is 5.92 Å². The molecule has 0 aliphatic carbocycles. The number of benzene rings is 1. The van der Waals surface area contributed by atoms with Gasteiger partial charge >= 0.3 is 0 Å². The quantitative estimate of drug-likeness (QED) is 0.487. The van der Waals surface area contributed by atoms with Crippen molar-refractivity contribution in [1.82, 2.24) is 19.8 Å². The predicted octanol–water partition coefficient (Wildman–Crippen LogP) is 3.77. The Morgan fingerprint density at radius 1 is 1.19 bits per heavy atom. The van der Waals surface area contributed by atoms with Gasteiger partial charge in [0.15, 0.2) is 17.5 Å². The van der Waals surface area contributed by atoms with Crippen LogP contribution in [0.3, 0.4) is 0 Å². The standard InChI is InChI=1S/C24H37N5O2/c1-5-26-24(28-14-11-19(4)21(17-28)29-15-13-25-18-29)27-12-10-20-8-9-22(30-6-2)23(16-20)31-7-3/h8-9,13,15-16,18-19,21H,5-7,10-12,14,17H2,1-4H3,(H,26,27). The lowest BCUT2D eigenvalue weighted by atomic mass is 9.93. The highest BCUT2D eigenvalue weighted by Gasteiger charge is 2.28. The van der Waals surface area contributed by atoms with Crippen molar-refractivity contribution in [1.29, 1.82) is 0 Å². The average Bonchev–Trinajstić information content (AvgIpc) is 3.30. The van der Waals surface area contributed by atoms with Gasteiger partial charge < -0.3 is 24.3 Å². The molecule has 1 aliphatic rings. The molecule has 0 spiro atoms. The molecule has 7 heteroatoms. The van der Waals surface area contributed by atoms with Crippen molar-refractivity contribution in [3.05, 3.63) is 42.5 Å². The van der Waals surface area contributed by atoms with Crippen LogP contribution in [0.4, 0.5) is 0 Å². The third kappa shape index (κ3) is 6.15. The Morgan fingerprint density at radius 2 is 2.00 bits per heavy atom. The molecule has 7 nitrogen and oxygen atoms in total. The Kier molecular flexibility index (Phi) is 8.62. The van der Waals surface area contributed by atoms with Crippen molar-refractivity contribution in [2.24, 2.45) is 10.9 Å². The topological polar surface area (TPSA) is 63.9 Å². The molecular weight excluding hydrogens is 390 g/mol. The molecule has 2 heterocycles. The molecule has 31 heavy (non-hydrogen) atoms. The third-order valence-electron chi connectivity index (χ3n) is 5.73. The number of ether oxygens (including phenoxy) is 2. The van der Waals surface area contributed by atoms with Gasteiger partial charge in [-0.15, -0.1) is 0 Å². The number of nitrogens with zero attached hydrogens (tertiary/aromatic N) is 4. The highest BCUT2D eigenvalue weighted by molar-refractivity contribution is 5.80. The summed E-state index contributed by atoms with van der Waals surface area (Å²) in [5, 5.41) is 3.48. The van der Waals surface area contributed by atoms with E-state index in [9.17, 15) is 0 Å². The van der Waals surface area contributed by atoms with Crippen molar-refractivity contribution in [3.8, 4) is 11.5 Å². The molecule has 0 amide bonds. The van der Waals surface area contributed by atoms with Gasteiger partial charge in [-0.05, 0) is 57.2 Å². The fraction of sp³-hybridized carbons (Fsp3) is 0.583. The second kappa shape index (κ2) is 11.6. The normalized spacial score (nSPS) is 19.4. The molecule has 1 aliphatic heterocycles. The summed E-state index contributed by atoms with van der Waals surface area (Å²) in [6.07, 6.45) is 7.85. The Hall–Kier alpha value is -2.70. The smallest absolute Gasteiger partial charge is 0.193 e. The number of rotatable bonds is 9. The summed E-state index contributed by atoms with van der Waals surface area (Å²) >= 11 is 0. The summed E-state index contributed by atoms with van der Waals surface area (Å²) in [6, 6.07) is 6.60. The molecule has 1 aromatic heterocycles. The largest absolute Gasteiger partial charge is 0.490 e. The number of aliphatic imine (C=N–C) groups is 1. The SMILES string of the molecule is CCNC(=NCCc1ccc(OCC)c(OCC)c1)N1CCC(C)C(n2ccnc2)C1. The summed E-state index contributed by atoms with van der Waals surface area (Å²) in [7, 11) is 0. The summed E-state index contributed by atoms with van der Waals surface area (Å²) in [6.45, 7) is 13.2. The molecule has 1 saturated heterocycles. The van der Waals surface area contributed by atoms with Gasteiger partial charge in [0.05, 0.1) is 25.6 Å². The van der Waals surface area contributed by atoms with Crippen molar-refractivity contribution in [2.75, 3.05) is 39.4 Å². The van der Waals surface area contributed by atoms with E-state index in [1.165, 1.54) is 5.56 Å². The van der Waals surface area contributed by atoms with E-state index in [4.69, 9.17) is 14.5 Å². The van der Waals surface area contributed by atoms with Crippen molar-refractivity contribution >= 4 is 5.96 Å². The van der Waals surface area contributed by atoms with Gasteiger partial charge in [0, 0.05) is 38.6 Å². The number of guanidine groups is 1. The van der Waals surface area contributed by atoms with Crippen LogP contribution in [0.15, 0.2) is 41.9 Å². The van der Waals surface area contributed by atoms with E-state index >= 15 is 0 Å². The van der Waals surface area contributed by atoms with E-state index in [0.29, 0.717) is 25.2 Å². The molecule has 0 bridgehead atoms. The van der Waals surface area contributed by atoms with Gasteiger partial charge in [-0.1, -0.05) is 13.0 Å². The summed E-state index contributed by atoms with van der Waals surface area (Å²) in [5.41, 5.74) is 1.20. The monoisotopic (exact) mass is 427 g/mol. The minimum atomic E-state index is 0.417. The molecule has 2 atom stereocenters. The first kappa shape index (κ1) is 23.0. The van der Waals surface area contributed by atoms with Crippen LogP contribution in [-0.2, 0) is 6.42 Å². The fourth-order valence-electron chi connectivity index (χ4n) is 4.06. The molecular formula is C24H37N5O2. The molecule has 2 aromatic rings. The van der Waals surface area contributed by atoms with E-state index in [-0.39, 0.29) is 0 Å². The second-order valence-corrected chi connectivity index (χ2v) is 7.92. The van der Waals surface area contributed by atoms with Crippen LogP contribution in [0.5, 0.6) is 11.5 Å². The first-order valence-corrected chi connectivity index (χ1v) is 11.5. The van der Waals surface area contributed by atoms with Gasteiger partial charge in [0.2, 0.25) is 0 Å². The molecule has 1 N–H and O–H groups in total. The number of likely N-dealkylation sites (tertiary alicyclic amines) is 1. The third-order valence-corrected chi connectivity index (χ3v) is 5.73. The van der Waals surface area contributed by atoms with Gasteiger partial charge in [-0.25, -0.2) is 4.98 Å². The molecule has 1 aromatic carbocycles. The van der Waals surface area contributed by atoms with Crippen molar-refractivity contribution in [2.45, 2.75) is 46.6 Å². The lowest BCUT2D eigenvalue weighted by molar-refractivity contribution is 0.189. The Balaban J connectivity index is 1.66. The van der Waals surface area contributed by atoms with E-state index in [1.807, 2.05) is 32.4 Å². The molecule has 0 radical (unpaired) electrons. The first-order chi connectivity index (χ1) is 15.2. The van der Waals surface area contributed by atoms with Gasteiger partial charge in [-0.3, -0.25) is 4.99 Å². The minimum Gasteiger partial charge on any atom is -0.490 e. The molecule has 0 saturated carbocycles. The zero-order chi connectivity index (χ0) is 22.1. The highest BCUT2D eigenvalue weighted by atomic mass is 16.5. The molecule has 1 fully saturated rings. The lowest BCUT2D eigenvalue weighted by Gasteiger charge is -2.39. The van der Waals surface area contributed by atoms with Crippen molar-refractivity contribution < 1.29 is 9.47 Å². The Bertz CT molecular complexity index is 821. The van der Waals surface area contributed by atoms with Crippen LogP contribution >= 0.6 is 0 Å². The number of nitrogens with one attached hydrogen (secondary N) is 1. The minimum absolute atomic E-state index is 0.417. The van der Waals surface area contributed by atoms with E-state index in [0.717, 1.165) is 56.5 Å². The fourth-order valence-corrected chi connectivity index (χ4v) is 4.06. The van der Waals surface area contributed by atoms with Crippen LogP contribution in [0.25, 0.3) is 0 Å². The van der Waals surface area contributed by atoms with E-state index in [1.54, 1.807) is 0 Å². The maximum atomic E-state index is 5.76. The van der Waals surface area contributed by atoms with Crippen LogP contribution in [0.1, 0.15) is 45.7 Å². The van der Waals surface area contributed by atoms with Crippen LogP contribution in [0.2, 0.25) is 0 Å². The Morgan fingerprint density at radius 3 is 2.71 bits per heavy atom. The highest BCUT2D eigenvalue weighted by Crippen LogP contribution is 2.29. The number of hydrogen-bond acceptors (Lipinski definition) is 4. The molecule has 3 rings (SSSR count). The number of imidazole rings is 1. The number of piperidine rings is 1. The number of hydrogen-bond donors (Lipinski definition) is 1. The second-order valence-electron chi connectivity index (χ2n) is 7.92. The summed E-state index contributed by atoms with van der Waals surface area (Å²) in [4.78, 5) is 11.6. The zero-order valence-electron chi connectivity index (χ0n) is 19.4. The van der Waals surface area contributed by atoms with Crippen LogP contribution in [-0.4, -0.2) is 59.8 Å². The van der Waals surface area contributed by atoms with Crippen molar-refractivity contribution in [3.63, 3.8) is 0 Å². The van der Waals surface area contributed by atoms with E-state index < -0.39 is 0 Å². The zero-order valence-corrected chi connectivity index (χ0v) is 19.4. The summed E-state index contributed by atoms with van der Waals surface area (Å²) < 4.78 is 13.7. The first-order valence-electron chi connectivity index (χ1n) is 11.5. The maximum Gasteiger partial charge on any atom is 0.193 e. The average molecular weight is 428 g/mol. The molecule has 170 valence electrons. The van der Waals surface area contributed by atoms with Gasteiger partial charge in [0.1, 0.15) is 0 Å². The summed E-state index contributed by atoms with van der Waals surface area (Å²) in [5.74, 6) is 3.23. The van der Waals surface area contributed by atoms with Crippen LogP contribution < -0.4 is 14.8 Å². The van der Waals surface area contributed by atoms with Gasteiger partial charge in [0.25, 0.3) is 0 Å². The maximum absolute atomic E-state index is 5.76. The predicted molar refractivity (Wildman–Crippen MR) is 125 cm³/mol.